The molecule has 0 aliphatic rings. The number of nitrogens with zero attached hydrogens (tertiary/aromatic N) is 1. The number of oxazole rings is 1. The number of fused-ring (bicyclic) bond motifs is 1. The van der Waals surface area contributed by atoms with Crippen LogP contribution in [0.2, 0.25) is 10.0 Å². The van der Waals surface area contributed by atoms with Gasteiger partial charge in [0, 0.05) is 22.0 Å². The zero-order valence-electron chi connectivity index (χ0n) is 12.4. The Morgan fingerprint density at radius 3 is 2.79 bits per heavy atom. The molecule has 24 heavy (non-hydrogen) atoms. The lowest BCUT2D eigenvalue weighted by atomic mass is 10.1. The highest BCUT2D eigenvalue weighted by molar-refractivity contribution is 6.31. The third-order valence-corrected chi connectivity index (χ3v) is 4.15. The first-order valence-electron chi connectivity index (χ1n) is 7.16. The number of aryl methyl sites for hydroxylation is 1. The van der Waals surface area contributed by atoms with Crippen molar-refractivity contribution in [3.8, 4) is 0 Å². The number of hydrogen-bond donors (Lipinski definition) is 1. The molecule has 3 rings (SSSR count). The van der Waals surface area contributed by atoms with Gasteiger partial charge in [-0.1, -0.05) is 29.3 Å². The van der Waals surface area contributed by atoms with Crippen molar-refractivity contribution >= 4 is 40.3 Å². The monoisotopic (exact) mass is 367 g/mol. The molecular weight excluding hydrogens is 356 g/mol. The number of carboxylic acids is 1. The van der Waals surface area contributed by atoms with Crippen molar-refractivity contribution < 1.29 is 18.7 Å². The zero-order valence-corrected chi connectivity index (χ0v) is 13.9. The van der Waals surface area contributed by atoms with E-state index in [2.05, 4.69) is 4.98 Å². The molecule has 0 radical (unpaired) electrons. The SMILES string of the molecule is O=C(O)CCc1cc(Cl)cc2nc(Cc3c(F)cccc3Cl)oc12. The van der Waals surface area contributed by atoms with Gasteiger partial charge in [-0.15, -0.1) is 0 Å². The molecule has 0 aliphatic carbocycles. The van der Waals surface area contributed by atoms with Crippen molar-refractivity contribution in [3.05, 3.63) is 63.2 Å². The largest absolute Gasteiger partial charge is 0.481 e. The van der Waals surface area contributed by atoms with Gasteiger partial charge >= 0.3 is 5.97 Å². The van der Waals surface area contributed by atoms with E-state index < -0.39 is 11.8 Å². The van der Waals surface area contributed by atoms with Crippen LogP contribution in [0.1, 0.15) is 23.4 Å². The quantitative estimate of drug-likeness (QED) is 0.697. The third kappa shape index (κ3) is 3.52. The Balaban J connectivity index is 1.99. The molecule has 1 heterocycles. The minimum absolute atomic E-state index is 0.0510. The van der Waals surface area contributed by atoms with Crippen LogP contribution in [0.5, 0.6) is 0 Å². The summed E-state index contributed by atoms with van der Waals surface area (Å²) in [6.45, 7) is 0. The summed E-state index contributed by atoms with van der Waals surface area (Å²) >= 11 is 12.1. The Morgan fingerprint density at radius 2 is 2.08 bits per heavy atom. The van der Waals surface area contributed by atoms with Crippen LogP contribution in [0.4, 0.5) is 4.39 Å². The number of carbonyl (C=O) groups is 1. The highest BCUT2D eigenvalue weighted by atomic mass is 35.5. The van der Waals surface area contributed by atoms with Crippen LogP contribution in [0.3, 0.4) is 0 Å². The number of benzene rings is 2. The van der Waals surface area contributed by atoms with E-state index in [0.29, 0.717) is 32.3 Å². The molecular formula is C17H12Cl2FNO3. The summed E-state index contributed by atoms with van der Waals surface area (Å²) in [5.74, 6) is -1.06. The van der Waals surface area contributed by atoms with Gasteiger partial charge in [0.15, 0.2) is 11.5 Å². The van der Waals surface area contributed by atoms with Gasteiger partial charge in [0.05, 0.1) is 6.42 Å². The summed E-state index contributed by atoms with van der Waals surface area (Å²) in [6, 6.07) is 7.71. The molecule has 0 saturated carbocycles. The Kier molecular flexibility index (Phi) is 4.73. The molecule has 1 aromatic heterocycles. The van der Waals surface area contributed by atoms with Crippen LogP contribution in [0.25, 0.3) is 11.1 Å². The average Bonchev–Trinajstić information content (AvgIpc) is 2.91. The molecule has 0 spiro atoms. The minimum atomic E-state index is -0.916. The normalized spacial score (nSPS) is 11.1. The standard InChI is InChI=1S/C17H12Cl2FNO3/c18-10-6-9(4-5-16(22)23)17-14(7-10)21-15(24-17)8-11-12(19)2-1-3-13(11)20/h1-3,6-7H,4-5,8H2,(H,22,23). The maximum Gasteiger partial charge on any atom is 0.303 e. The summed E-state index contributed by atoms with van der Waals surface area (Å²) in [5, 5.41) is 9.57. The van der Waals surface area contributed by atoms with Gasteiger partial charge < -0.3 is 9.52 Å². The first-order chi connectivity index (χ1) is 11.4. The number of hydrogen-bond acceptors (Lipinski definition) is 3. The molecule has 0 bridgehead atoms. The Labute approximate surface area is 146 Å². The first-order valence-corrected chi connectivity index (χ1v) is 7.92. The predicted molar refractivity (Wildman–Crippen MR) is 89.2 cm³/mol. The lowest BCUT2D eigenvalue weighted by Crippen LogP contribution is -1.97. The molecule has 3 aromatic rings. The van der Waals surface area contributed by atoms with Gasteiger partial charge in [0.1, 0.15) is 11.3 Å². The third-order valence-electron chi connectivity index (χ3n) is 3.57. The van der Waals surface area contributed by atoms with E-state index in [4.69, 9.17) is 32.7 Å². The van der Waals surface area contributed by atoms with Gasteiger partial charge in [0.25, 0.3) is 0 Å². The van der Waals surface area contributed by atoms with Gasteiger partial charge in [0.2, 0.25) is 0 Å². The maximum absolute atomic E-state index is 13.9. The minimum Gasteiger partial charge on any atom is -0.481 e. The second-order valence-electron chi connectivity index (χ2n) is 5.29. The second-order valence-corrected chi connectivity index (χ2v) is 6.14. The zero-order chi connectivity index (χ0) is 17.3. The van der Waals surface area contributed by atoms with E-state index in [1.807, 2.05) is 0 Å². The maximum atomic E-state index is 13.9. The van der Waals surface area contributed by atoms with Crippen molar-refractivity contribution in [2.24, 2.45) is 0 Å². The van der Waals surface area contributed by atoms with Crippen LogP contribution in [0.15, 0.2) is 34.7 Å². The highest BCUT2D eigenvalue weighted by Gasteiger charge is 2.16. The van der Waals surface area contributed by atoms with E-state index in [0.717, 1.165) is 0 Å². The first kappa shape index (κ1) is 16.7. The molecule has 1 N–H and O–H groups in total. The Morgan fingerprint density at radius 1 is 1.29 bits per heavy atom. The van der Waals surface area contributed by atoms with Crippen LogP contribution in [0, 0.1) is 5.82 Å². The summed E-state index contributed by atoms with van der Waals surface area (Å²) in [7, 11) is 0. The van der Waals surface area contributed by atoms with E-state index in [9.17, 15) is 9.18 Å². The van der Waals surface area contributed by atoms with Crippen LogP contribution < -0.4 is 0 Å². The van der Waals surface area contributed by atoms with Gasteiger partial charge in [-0.3, -0.25) is 4.79 Å². The summed E-state index contributed by atoms with van der Waals surface area (Å²) < 4.78 is 19.6. The molecule has 2 aromatic carbocycles. The van der Waals surface area contributed by atoms with Crippen LogP contribution in [-0.4, -0.2) is 16.1 Å². The molecule has 0 fully saturated rings. The van der Waals surface area contributed by atoms with Gasteiger partial charge in [-0.05, 0) is 36.2 Å². The number of carboxylic acid groups (broad SMARTS) is 1. The van der Waals surface area contributed by atoms with Crippen molar-refractivity contribution in [2.75, 3.05) is 0 Å². The number of rotatable bonds is 5. The van der Waals surface area contributed by atoms with E-state index in [-0.39, 0.29) is 25.2 Å². The van der Waals surface area contributed by atoms with Crippen molar-refractivity contribution in [3.63, 3.8) is 0 Å². The van der Waals surface area contributed by atoms with Crippen molar-refractivity contribution in [1.29, 1.82) is 0 Å². The molecule has 0 atom stereocenters. The molecule has 7 heteroatoms. The molecule has 0 amide bonds. The average molecular weight is 368 g/mol. The highest BCUT2D eigenvalue weighted by Crippen LogP contribution is 2.28. The van der Waals surface area contributed by atoms with E-state index in [1.54, 1.807) is 18.2 Å². The second kappa shape index (κ2) is 6.79. The van der Waals surface area contributed by atoms with Crippen LogP contribution in [-0.2, 0) is 17.6 Å². The Bertz CT molecular complexity index is 903. The topological polar surface area (TPSA) is 63.3 Å². The van der Waals surface area contributed by atoms with Crippen molar-refractivity contribution in [1.82, 2.24) is 4.98 Å². The van der Waals surface area contributed by atoms with E-state index >= 15 is 0 Å². The number of aliphatic carboxylic acids is 1. The lowest BCUT2D eigenvalue weighted by Gasteiger charge is -2.02. The fourth-order valence-electron chi connectivity index (χ4n) is 2.47. The number of aromatic nitrogens is 1. The van der Waals surface area contributed by atoms with Crippen LogP contribution >= 0.6 is 23.2 Å². The lowest BCUT2D eigenvalue weighted by molar-refractivity contribution is -0.136. The summed E-state index contributed by atoms with van der Waals surface area (Å²) in [4.78, 5) is 15.1. The molecule has 0 aliphatic heterocycles. The summed E-state index contributed by atoms with van der Waals surface area (Å²) in [6.07, 6.45) is 0.308. The predicted octanol–water partition coefficient (Wildman–Crippen LogP) is 4.88. The molecule has 0 saturated heterocycles. The van der Waals surface area contributed by atoms with Crippen molar-refractivity contribution in [2.45, 2.75) is 19.3 Å². The van der Waals surface area contributed by atoms with E-state index in [1.165, 1.54) is 12.1 Å². The molecule has 4 nitrogen and oxygen atoms in total. The fourth-order valence-corrected chi connectivity index (χ4v) is 2.93. The molecule has 124 valence electrons. The number of halogens is 3. The molecule has 0 unspecified atom stereocenters. The van der Waals surface area contributed by atoms with Gasteiger partial charge in [-0.25, -0.2) is 9.37 Å². The van der Waals surface area contributed by atoms with Gasteiger partial charge in [-0.2, -0.15) is 0 Å². The fraction of sp³-hybridized carbons (Fsp3) is 0.176. The smallest absolute Gasteiger partial charge is 0.303 e. The Hall–Kier alpha value is -2.11. The summed E-state index contributed by atoms with van der Waals surface area (Å²) in [5.41, 5.74) is 1.91.